The van der Waals surface area contributed by atoms with Crippen LogP contribution in [0.25, 0.3) is 0 Å². The van der Waals surface area contributed by atoms with Crippen LogP contribution in [0.2, 0.25) is 0 Å². The molecule has 0 aliphatic heterocycles. The zero-order valence-electron chi connectivity index (χ0n) is 18.6. The number of nitrogens with two attached hydrogens (primary N) is 1. The average molecular weight is 398 g/mol. The molecule has 0 aliphatic rings. The molecule has 2 aromatic rings. The fourth-order valence-electron chi connectivity index (χ4n) is 4.10. The molecule has 0 spiro atoms. The SMILES string of the molecule is CCCCCCCCCCCC[NH2+]CCC(c1ccccc1)c1ccccc1.[OH-]. The quantitative estimate of drug-likeness (QED) is 0.322. The van der Waals surface area contributed by atoms with Crippen molar-refractivity contribution in [3.05, 3.63) is 71.8 Å². The topological polar surface area (TPSA) is 46.6 Å². The second-order valence-electron chi connectivity index (χ2n) is 8.21. The minimum Gasteiger partial charge on any atom is -0.870 e. The van der Waals surface area contributed by atoms with Crippen molar-refractivity contribution in [2.75, 3.05) is 13.1 Å². The van der Waals surface area contributed by atoms with E-state index in [9.17, 15) is 0 Å². The van der Waals surface area contributed by atoms with Crippen molar-refractivity contribution in [3.8, 4) is 0 Å². The second-order valence-corrected chi connectivity index (χ2v) is 8.21. The Morgan fingerprint density at radius 2 is 1.03 bits per heavy atom. The van der Waals surface area contributed by atoms with Crippen molar-refractivity contribution in [3.63, 3.8) is 0 Å². The molecule has 2 aromatic carbocycles. The van der Waals surface area contributed by atoms with Gasteiger partial charge in [0, 0.05) is 12.3 Å². The van der Waals surface area contributed by atoms with Crippen LogP contribution in [0, 0.1) is 0 Å². The lowest BCUT2D eigenvalue weighted by atomic mass is 9.88. The number of benzene rings is 2. The monoisotopic (exact) mass is 397 g/mol. The third-order valence-electron chi connectivity index (χ3n) is 5.83. The van der Waals surface area contributed by atoms with E-state index < -0.39 is 0 Å². The second kappa shape index (κ2) is 17.2. The average Bonchev–Trinajstić information content (AvgIpc) is 2.75. The van der Waals surface area contributed by atoms with E-state index in [0.29, 0.717) is 5.92 Å². The van der Waals surface area contributed by atoms with Gasteiger partial charge in [-0.05, 0) is 24.0 Å². The molecule has 0 atom stereocenters. The Bertz CT molecular complexity index is 545. The van der Waals surface area contributed by atoms with Gasteiger partial charge in [-0.3, -0.25) is 0 Å². The molecule has 2 nitrogen and oxygen atoms in total. The van der Waals surface area contributed by atoms with E-state index >= 15 is 0 Å². The highest BCUT2D eigenvalue weighted by Gasteiger charge is 2.14. The van der Waals surface area contributed by atoms with Gasteiger partial charge in [0.1, 0.15) is 0 Å². The molecule has 3 N–H and O–H groups in total. The highest BCUT2D eigenvalue weighted by atomic mass is 16.0. The van der Waals surface area contributed by atoms with E-state index in [1.165, 1.54) is 94.8 Å². The largest absolute Gasteiger partial charge is 0.870 e. The number of hydrogen-bond acceptors (Lipinski definition) is 1. The van der Waals surface area contributed by atoms with Crippen molar-refractivity contribution in [2.45, 2.75) is 83.5 Å². The highest BCUT2D eigenvalue weighted by Crippen LogP contribution is 2.26. The van der Waals surface area contributed by atoms with E-state index in [2.05, 4.69) is 72.9 Å². The summed E-state index contributed by atoms with van der Waals surface area (Å²) in [5, 5.41) is 2.53. The molecule has 0 aliphatic carbocycles. The summed E-state index contributed by atoms with van der Waals surface area (Å²) in [5.41, 5.74) is 2.89. The minimum atomic E-state index is 0. The number of quaternary nitrogens is 1. The van der Waals surface area contributed by atoms with Gasteiger partial charge in [0.2, 0.25) is 0 Å². The van der Waals surface area contributed by atoms with E-state index in [1.807, 2.05) is 0 Å². The molecule has 0 bridgehead atoms. The molecular weight excluding hydrogens is 354 g/mol. The Morgan fingerprint density at radius 3 is 1.52 bits per heavy atom. The summed E-state index contributed by atoms with van der Waals surface area (Å²) in [5.74, 6) is 0.520. The fourth-order valence-corrected chi connectivity index (χ4v) is 4.10. The van der Waals surface area contributed by atoms with Crippen LogP contribution in [0.4, 0.5) is 0 Å². The molecule has 0 aromatic heterocycles. The number of hydrogen-bond donors (Lipinski definition) is 1. The molecule has 0 heterocycles. The van der Waals surface area contributed by atoms with Crippen molar-refractivity contribution < 1.29 is 10.8 Å². The number of rotatable bonds is 16. The zero-order chi connectivity index (χ0) is 19.7. The molecule has 162 valence electrons. The molecular formula is C27H43NO. The molecule has 0 radical (unpaired) electrons. The zero-order valence-corrected chi connectivity index (χ0v) is 18.6. The lowest BCUT2D eigenvalue weighted by Gasteiger charge is -2.17. The maximum Gasteiger partial charge on any atom is 0.0764 e. The first-order valence-electron chi connectivity index (χ1n) is 11.8. The van der Waals surface area contributed by atoms with Gasteiger partial charge in [-0.15, -0.1) is 0 Å². The summed E-state index contributed by atoms with van der Waals surface area (Å²) in [4.78, 5) is 0. The van der Waals surface area contributed by atoms with Gasteiger partial charge in [0.15, 0.2) is 0 Å². The normalized spacial score (nSPS) is 10.8. The summed E-state index contributed by atoms with van der Waals surface area (Å²) in [6, 6.07) is 22.0. The van der Waals surface area contributed by atoms with E-state index in [-0.39, 0.29) is 5.48 Å². The highest BCUT2D eigenvalue weighted by molar-refractivity contribution is 5.32. The van der Waals surface area contributed by atoms with Gasteiger partial charge < -0.3 is 10.8 Å². The maximum absolute atomic E-state index is 2.53. The Morgan fingerprint density at radius 1 is 0.586 bits per heavy atom. The Hall–Kier alpha value is -1.64. The van der Waals surface area contributed by atoms with Crippen LogP contribution in [0.3, 0.4) is 0 Å². The Labute approximate surface area is 179 Å². The van der Waals surface area contributed by atoms with E-state index in [1.54, 1.807) is 0 Å². The summed E-state index contributed by atoms with van der Waals surface area (Å²) in [6.45, 7) is 4.79. The standard InChI is InChI=1S/C27H41N.H2O/c1-2-3-4-5-6-7-8-9-10-17-23-28-24-22-27(25-18-13-11-14-19-25)26-20-15-12-16-21-26;/h11-16,18-21,27-28H,2-10,17,22-24H2,1H3;1H2. The smallest absolute Gasteiger partial charge is 0.0764 e. The van der Waals surface area contributed by atoms with Crippen LogP contribution >= 0.6 is 0 Å². The first-order valence-corrected chi connectivity index (χ1v) is 11.8. The van der Waals surface area contributed by atoms with Crippen molar-refractivity contribution in [1.82, 2.24) is 0 Å². The Kier molecular flexibility index (Phi) is 15.1. The lowest BCUT2D eigenvalue weighted by molar-refractivity contribution is -0.655. The van der Waals surface area contributed by atoms with Crippen molar-refractivity contribution in [1.29, 1.82) is 0 Å². The molecule has 0 fully saturated rings. The third kappa shape index (κ3) is 11.2. The van der Waals surface area contributed by atoms with E-state index in [4.69, 9.17) is 0 Å². The molecule has 0 saturated heterocycles. The molecule has 0 unspecified atom stereocenters. The van der Waals surface area contributed by atoms with E-state index in [0.717, 1.165) is 0 Å². The maximum atomic E-state index is 2.53. The van der Waals surface area contributed by atoms with Crippen LogP contribution in [-0.2, 0) is 0 Å². The summed E-state index contributed by atoms with van der Waals surface area (Å²) in [7, 11) is 0. The van der Waals surface area contributed by atoms with Crippen molar-refractivity contribution in [2.24, 2.45) is 0 Å². The van der Waals surface area contributed by atoms with Crippen LogP contribution in [-0.4, -0.2) is 18.6 Å². The molecule has 0 amide bonds. The molecule has 2 rings (SSSR count). The van der Waals surface area contributed by atoms with Gasteiger partial charge in [-0.1, -0.05) is 119 Å². The first-order chi connectivity index (χ1) is 13.9. The molecule has 29 heavy (non-hydrogen) atoms. The summed E-state index contributed by atoms with van der Waals surface area (Å²) in [6.07, 6.45) is 15.4. The minimum absolute atomic E-state index is 0. The third-order valence-corrected chi connectivity index (χ3v) is 5.83. The van der Waals surface area contributed by atoms with Crippen LogP contribution in [0.1, 0.15) is 94.6 Å². The van der Waals surface area contributed by atoms with Gasteiger partial charge in [0.25, 0.3) is 0 Å². The van der Waals surface area contributed by atoms with Gasteiger partial charge >= 0.3 is 0 Å². The predicted molar refractivity (Wildman–Crippen MR) is 125 cm³/mol. The summed E-state index contributed by atoms with van der Waals surface area (Å²) < 4.78 is 0. The van der Waals surface area contributed by atoms with Crippen LogP contribution < -0.4 is 5.32 Å². The predicted octanol–water partition coefficient (Wildman–Crippen LogP) is 6.52. The van der Waals surface area contributed by atoms with Gasteiger partial charge in [0.05, 0.1) is 13.1 Å². The van der Waals surface area contributed by atoms with Crippen molar-refractivity contribution >= 4 is 0 Å². The Balaban J connectivity index is 0.00000420. The molecule has 0 saturated carbocycles. The molecule has 2 heteroatoms. The van der Waals surface area contributed by atoms with Crippen LogP contribution in [0.15, 0.2) is 60.7 Å². The summed E-state index contributed by atoms with van der Waals surface area (Å²) >= 11 is 0. The van der Waals surface area contributed by atoms with Gasteiger partial charge in [-0.2, -0.15) is 0 Å². The van der Waals surface area contributed by atoms with Gasteiger partial charge in [-0.25, -0.2) is 0 Å². The van der Waals surface area contributed by atoms with Crippen LogP contribution in [0.5, 0.6) is 0 Å². The fraction of sp³-hybridized carbons (Fsp3) is 0.556. The lowest BCUT2D eigenvalue weighted by Crippen LogP contribution is -2.84. The number of unbranched alkanes of at least 4 members (excludes halogenated alkanes) is 9. The first kappa shape index (κ1) is 25.4.